The first-order chi connectivity index (χ1) is 9.44. The van der Waals surface area contributed by atoms with E-state index in [1.54, 1.807) is 0 Å². The molecule has 1 saturated carbocycles. The highest BCUT2D eigenvalue weighted by Gasteiger charge is 2.23. The van der Waals surface area contributed by atoms with E-state index in [9.17, 15) is 0 Å². The molecule has 0 bridgehead atoms. The minimum Gasteiger partial charge on any atom is -0.372 e. The summed E-state index contributed by atoms with van der Waals surface area (Å²) in [7, 11) is 0. The molecule has 0 radical (unpaired) electrons. The fourth-order valence-electron chi connectivity index (χ4n) is 2.02. The van der Waals surface area contributed by atoms with Crippen molar-refractivity contribution >= 4 is 11.6 Å². The molecule has 1 aliphatic carbocycles. The minimum atomic E-state index is 0.121. The van der Waals surface area contributed by atoms with Gasteiger partial charge in [0.25, 0.3) is 0 Å². The standard InChI is InChI=1S/C17H26ClNO/c1-17(2,3)10-11-20-16(12-19-15-8-9-15)13-4-6-14(18)7-5-13/h4-7,15-16,19H,8-12H2,1-3H3. The van der Waals surface area contributed by atoms with E-state index in [0.717, 1.165) is 24.6 Å². The average molecular weight is 296 g/mol. The molecule has 1 aliphatic rings. The summed E-state index contributed by atoms with van der Waals surface area (Å²) in [4.78, 5) is 0. The lowest BCUT2D eigenvalue weighted by Crippen LogP contribution is -2.26. The van der Waals surface area contributed by atoms with E-state index in [1.807, 2.05) is 12.1 Å². The zero-order chi connectivity index (χ0) is 14.6. The Bertz CT molecular complexity index is 406. The van der Waals surface area contributed by atoms with Crippen LogP contribution in [0.4, 0.5) is 0 Å². The monoisotopic (exact) mass is 295 g/mol. The SMILES string of the molecule is CC(C)(C)CCOC(CNC1CC1)c1ccc(Cl)cc1. The maximum Gasteiger partial charge on any atom is 0.0949 e. The summed E-state index contributed by atoms with van der Waals surface area (Å²) in [5.41, 5.74) is 1.52. The van der Waals surface area contributed by atoms with Crippen LogP contribution < -0.4 is 5.32 Å². The third kappa shape index (κ3) is 5.82. The predicted octanol–water partition coefficient (Wildman–Crippen LogP) is 4.59. The number of hydrogen-bond acceptors (Lipinski definition) is 2. The van der Waals surface area contributed by atoms with Gasteiger partial charge in [-0.3, -0.25) is 0 Å². The largest absolute Gasteiger partial charge is 0.372 e. The normalized spacial score (nSPS) is 17.2. The molecule has 1 N–H and O–H groups in total. The van der Waals surface area contributed by atoms with Gasteiger partial charge >= 0.3 is 0 Å². The van der Waals surface area contributed by atoms with Gasteiger partial charge in [-0.1, -0.05) is 44.5 Å². The Morgan fingerprint density at radius 2 is 1.90 bits per heavy atom. The second-order valence-corrected chi connectivity index (χ2v) is 7.34. The molecule has 0 heterocycles. The summed E-state index contributed by atoms with van der Waals surface area (Å²) in [6.07, 6.45) is 3.79. The maximum atomic E-state index is 6.12. The van der Waals surface area contributed by atoms with E-state index >= 15 is 0 Å². The Morgan fingerprint density at radius 3 is 2.45 bits per heavy atom. The van der Waals surface area contributed by atoms with Gasteiger partial charge in [-0.05, 0) is 42.4 Å². The van der Waals surface area contributed by atoms with Crippen molar-refractivity contribution in [1.82, 2.24) is 5.32 Å². The molecule has 1 fully saturated rings. The molecule has 0 amide bonds. The number of benzene rings is 1. The number of nitrogens with one attached hydrogen (secondary N) is 1. The molecule has 0 spiro atoms. The van der Waals surface area contributed by atoms with Gasteiger partial charge in [0, 0.05) is 24.2 Å². The lowest BCUT2D eigenvalue weighted by Gasteiger charge is -2.23. The second kappa shape index (κ2) is 6.93. The highest BCUT2D eigenvalue weighted by Crippen LogP contribution is 2.25. The van der Waals surface area contributed by atoms with Crippen molar-refractivity contribution < 1.29 is 4.74 Å². The molecule has 1 atom stereocenters. The van der Waals surface area contributed by atoms with Crippen molar-refractivity contribution in [3.05, 3.63) is 34.9 Å². The van der Waals surface area contributed by atoms with Crippen LogP contribution in [0.1, 0.15) is 51.7 Å². The highest BCUT2D eigenvalue weighted by molar-refractivity contribution is 6.30. The summed E-state index contributed by atoms with van der Waals surface area (Å²) in [5.74, 6) is 0. The van der Waals surface area contributed by atoms with Crippen LogP contribution in [0.25, 0.3) is 0 Å². The predicted molar refractivity (Wildman–Crippen MR) is 85.2 cm³/mol. The summed E-state index contributed by atoms with van der Waals surface area (Å²) in [6.45, 7) is 8.42. The Morgan fingerprint density at radius 1 is 1.25 bits per heavy atom. The Balaban J connectivity index is 1.90. The van der Waals surface area contributed by atoms with E-state index < -0.39 is 0 Å². The van der Waals surface area contributed by atoms with E-state index in [4.69, 9.17) is 16.3 Å². The number of rotatable bonds is 7. The van der Waals surface area contributed by atoms with Crippen molar-refractivity contribution in [1.29, 1.82) is 0 Å². The minimum absolute atomic E-state index is 0.121. The van der Waals surface area contributed by atoms with E-state index in [1.165, 1.54) is 18.4 Å². The fraction of sp³-hybridized carbons (Fsp3) is 0.647. The zero-order valence-corrected chi connectivity index (χ0v) is 13.5. The van der Waals surface area contributed by atoms with Gasteiger partial charge in [-0.15, -0.1) is 0 Å². The summed E-state index contributed by atoms with van der Waals surface area (Å²) in [6, 6.07) is 8.72. The second-order valence-electron chi connectivity index (χ2n) is 6.90. The van der Waals surface area contributed by atoms with Crippen molar-refractivity contribution in [3.8, 4) is 0 Å². The van der Waals surface area contributed by atoms with Crippen LogP contribution in [0.3, 0.4) is 0 Å². The summed E-state index contributed by atoms with van der Waals surface area (Å²) >= 11 is 5.96. The third-order valence-electron chi connectivity index (χ3n) is 3.58. The Labute approximate surface area is 127 Å². The molecule has 1 unspecified atom stereocenters. The highest BCUT2D eigenvalue weighted by atomic mass is 35.5. The topological polar surface area (TPSA) is 21.3 Å². The van der Waals surface area contributed by atoms with Gasteiger partial charge in [0.15, 0.2) is 0 Å². The number of halogens is 1. The maximum absolute atomic E-state index is 6.12. The molecule has 0 aliphatic heterocycles. The number of hydrogen-bond donors (Lipinski definition) is 1. The van der Waals surface area contributed by atoms with Gasteiger partial charge < -0.3 is 10.1 Å². The molecule has 3 heteroatoms. The van der Waals surface area contributed by atoms with Crippen LogP contribution in [-0.2, 0) is 4.74 Å². The Kier molecular flexibility index (Phi) is 5.48. The van der Waals surface area contributed by atoms with E-state index in [-0.39, 0.29) is 6.10 Å². The lowest BCUT2D eigenvalue weighted by molar-refractivity contribution is 0.0367. The lowest BCUT2D eigenvalue weighted by atomic mass is 9.93. The van der Waals surface area contributed by atoms with E-state index in [2.05, 4.69) is 38.2 Å². The third-order valence-corrected chi connectivity index (χ3v) is 3.83. The van der Waals surface area contributed by atoms with Crippen LogP contribution in [0.5, 0.6) is 0 Å². The molecule has 20 heavy (non-hydrogen) atoms. The molecular formula is C17H26ClNO. The van der Waals surface area contributed by atoms with Crippen LogP contribution in [0.15, 0.2) is 24.3 Å². The van der Waals surface area contributed by atoms with Crippen LogP contribution >= 0.6 is 11.6 Å². The van der Waals surface area contributed by atoms with Crippen LogP contribution in [0, 0.1) is 5.41 Å². The zero-order valence-electron chi connectivity index (χ0n) is 12.8. The quantitative estimate of drug-likeness (QED) is 0.794. The number of ether oxygens (including phenoxy) is 1. The smallest absolute Gasteiger partial charge is 0.0949 e. The summed E-state index contributed by atoms with van der Waals surface area (Å²) in [5, 5.41) is 4.33. The van der Waals surface area contributed by atoms with Gasteiger partial charge in [-0.2, -0.15) is 0 Å². The van der Waals surface area contributed by atoms with Crippen molar-refractivity contribution in [2.75, 3.05) is 13.2 Å². The molecule has 2 rings (SSSR count). The molecular weight excluding hydrogens is 270 g/mol. The molecule has 1 aromatic rings. The van der Waals surface area contributed by atoms with Crippen LogP contribution in [-0.4, -0.2) is 19.2 Å². The van der Waals surface area contributed by atoms with Gasteiger partial charge in [0.1, 0.15) is 0 Å². The van der Waals surface area contributed by atoms with Crippen LogP contribution in [0.2, 0.25) is 5.02 Å². The van der Waals surface area contributed by atoms with Crippen molar-refractivity contribution in [3.63, 3.8) is 0 Å². The first-order valence-corrected chi connectivity index (χ1v) is 7.92. The first kappa shape index (κ1) is 15.8. The van der Waals surface area contributed by atoms with Crippen molar-refractivity contribution in [2.45, 2.75) is 52.2 Å². The molecule has 2 nitrogen and oxygen atoms in total. The molecule has 1 aromatic carbocycles. The average Bonchev–Trinajstić information content (AvgIpc) is 3.17. The summed E-state index contributed by atoms with van der Waals surface area (Å²) < 4.78 is 6.12. The van der Waals surface area contributed by atoms with Gasteiger partial charge in [0.2, 0.25) is 0 Å². The molecule has 112 valence electrons. The first-order valence-electron chi connectivity index (χ1n) is 7.54. The fourth-order valence-corrected chi connectivity index (χ4v) is 2.14. The Hall–Kier alpha value is -0.570. The molecule has 0 saturated heterocycles. The molecule has 0 aromatic heterocycles. The van der Waals surface area contributed by atoms with Gasteiger partial charge in [-0.25, -0.2) is 0 Å². The van der Waals surface area contributed by atoms with Gasteiger partial charge in [0.05, 0.1) is 6.10 Å². The van der Waals surface area contributed by atoms with E-state index in [0.29, 0.717) is 11.5 Å². The van der Waals surface area contributed by atoms with Crippen molar-refractivity contribution in [2.24, 2.45) is 5.41 Å².